The van der Waals surface area contributed by atoms with Gasteiger partial charge in [0.25, 0.3) is 0 Å². The molecule has 1 aromatic heterocycles. The Morgan fingerprint density at radius 3 is 2.90 bits per heavy atom. The molecule has 0 spiro atoms. The lowest BCUT2D eigenvalue weighted by Crippen LogP contribution is -2.37. The van der Waals surface area contributed by atoms with Gasteiger partial charge in [0.15, 0.2) is 5.16 Å². The third-order valence-corrected chi connectivity index (χ3v) is 4.44. The molecule has 0 saturated carbocycles. The van der Waals surface area contributed by atoms with Gasteiger partial charge in [-0.3, -0.25) is 9.59 Å². The van der Waals surface area contributed by atoms with E-state index in [2.05, 4.69) is 20.1 Å². The van der Waals surface area contributed by atoms with Crippen LogP contribution in [-0.2, 0) is 22.6 Å². The van der Waals surface area contributed by atoms with Crippen LogP contribution in [0.3, 0.4) is 0 Å². The number of nitrogens with one attached hydrogen (secondary N) is 1. The summed E-state index contributed by atoms with van der Waals surface area (Å²) in [6.07, 6.45) is 4.44. The number of amides is 2. The zero-order valence-electron chi connectivity index (χ0n) is 12.5. The van der Waals surface area contributed by atoms with Crippen molar-refractivity contribution in [2.24, 2.45) is 0 Å². The van der Waals surface area contributed by atoms with Crippen LogP contribution < -0.4 is 5.32 Å². The lowest BCUT2D eigenvalue weighted by molar-refractivity contribution is -0.132. The van der Waals surface area contributed by atoms with Gasteiger partial charge in [-0.25, -0.2) is 0 Å². The highest BCUT2D eigenvalue weighted by Crippen LogP contribution is 2.21. The molecular formula is C13H21N5O2S. The van der Waals surface area contributed by atoms with Crippen molar-refractivity contribution in [2.45, 2.75) is 37.4 Å². The van der Waals surface area contributed by atoms with Gasteiger partial charge in [-0.2, -0.15) is 0 Å². The lowest BCUT2D eigenvalue weighted by atomic mass is 10.2. The smallest absolute Gasteiger partial charge is 0.239 e. The van der Waals surface area contributed by atoms with Gasteiger partial charge in [-0.05, 0) is 12.8 Å². The van der Waals surface area contributed by atoms with E-state index in [1.54, 1.807) is 14.1 Å². The van der Waals surface area contributed by atoms with Crippen LogP contribution >= 0.6 is 11.8 Å². The maximum atomic E-state index is 12.0. The third-order valence-electron chi connectivity index (χ3n) is 3.49. The number of aryl methyl sites for hydroxylation is 1. The Kier molecular flexibility index (Phi) is 5.60. The molecule has 1 N–H and O–H groups in total. The zero-order chi connectivity index (χ0) is 15.2. The number of thioether (sulfide) groups is 1. The molecule has 116 valence electrons. The Morgan fingerprint density at radius 2 is 2.14 bits per heavy atom. The summed E-state index contributed by atoms with van der Waals surface area (Å²) < 4.78 is 2.11. The molecule has 7 nitrogen and oxygen atoms in total. The fourth-order valence-electron chi connectivity index (χ4n) is 2.18. The van der Waals surface area contributed by atoms with Crippen molar-refractivity contribution >= 4 is 23.6 Å². The van der Waals surface area contributed by atoms with Crippen LogP contribution in [-0.4, -0.2) is 57.9 Å². The van der Waals surface area contributed by atoms with Gasteiger partial charge < -0.3 is 14.8 Å². The summed E-state index contributed by atoms with van der Waals surface area (Å²) in [6, 6.07) is 0. The third kappa shape index (κ3) is 4.20. The van der Waals surface area contributed by atoms with E-state index in [4.69, 9.17) is 0 Å². The van der Waals surface area contributed by atoms with E-state index >= 15 is 0 Å². The minimum absolute atomic E-state index is 0.0772. The van der Waals surface area contributed by atoms with E-state index in [1.807, 2.05) is 0 Å². The van der Waals surface area contributed by atoms with Crippen molar-refractivity contribution in [1.82, 2.24) is 25.0 Å². The Labute approximate surface area is 128 Å². The van der Waals surface area contributed by atoms with Gasteiger partial charge in [0.05, 0.1) is 12.3 Å². The maximum absolute atomic E-state index is 12.0. The predicted molar refractivity (Wildman–Crippen MR) is 80.0 cm³/mol. The molecule has 0 radical (unpaired) electrons. The predicted octanol–water partition coefficient (Wildman–Crippen LogP) is 0.301. The summed E-state index contributed by atoms with van der Waals surface area (Å²) in [6.45, 7) is 1.00. The Morgan fingerprint density at radius 1 is 1.33 bits per heavy atom. The van der Waals surface area contributed by atoms with Crippen molar-refractivity contribution in [3.05, 3.63) is 5.82 Å². The second-order valence-corrected chi connectivity index (χ2v) is 6.02. The standard InChI is InChI=1S/C13H21N5O2S/c1-14-11(19)8-17(2)12(20)9-21-13-16-15-10-6-4-3-5-7-18(10)13/h3-9H2,1-2H3,(H,14,19). The number of fused-ring (bicyclic) bond motifs is 1. The van der Waals surface area contributed by atoms with Gasteiger partial charge in [0.1, 0.15) is 5.82 Å². The van der Waals surface area contributed by atoms with Crippen LogP contribution in [0.15, 0.2) is 5.16 Å². The molecule has 0 fully saturated rings. The first-order valence-corrected chi connectivity index (χ1v) is 8.10. The van der Waals surface area contributed by atoms with Gasteiger partial charge in [-0.1, -0.05) is 18.2 Å². The molecular weight excluding hydrogens is 290 g/mol. The van der Waals surface area contributed by atoms with Crippen molar-refractivity contribution in [2.75, 3.05) is 26.4 Å². The zero-order valence-corrected chi connectivity index (χ0v) is 13.3. The number of hydrogen-bond donors (Lipinski definition) is 1. The summed E-state index contributed by atoms with van der Waals surface area (Å²) in [4.78, 5) is 24.7. The Hall–Kier alpha value is -1.57. The van der Waals surface area contributed by atoms with E-state index in [0.717, 1.165) is 36.8 Å². The molecule has 1 aliphatic rings. The summed E-state index contributed by atoms with van der Waals surface area (Å²) in [5, 5.41) is 11.7. The van der Waals surface area contributed by atoms with Crippen molar-refractivity contribution < 1.29 is 9.59 Å². The number of aromatic nitrogens is 3. The second kappa shape index (κ2) is 7.44. The molecule has 8 heteroatoms. The molecule has 0 unspecified atom stereocenters. The number of rotatable bonds is 5. The molecule has 2 rings (SSSR count). The van der Waals surface area contributed by atoms with E-state index in [-0.39, 0.29) is 24.1 Å². The topological polar surface area (TPSA) is 80.1 Å². The summed E-state index contributed by atoms with van der Waals surface area (Å²) in [5.41, 5.74) is 0. The molecule has 2 heterocycles. The minimum Gasteiger partial charge on any atom is -0.358 e. The lowest BCUT2D eigenvalue weighted by Gasteiger charge is -2.15. The van der Waals surface area contributed by atoms with Crippen LogP contribution in [0.4, 0.5) is 0 Å². The van der Waals surface area contributed by atoms with Gasteiger partial charge >= 0.3 is 0 Å². The fourth-order valence-corrected chi connectivity index (χ4v) is 3.11. The molecule has 0 atom stereocenters. The molecule has 21 heavy (non-hydrogen) atoms. The minimum atomic E-state index is -0.174. The summed E-state index contributed by atoms with van der Waals surface area (Å²) in [5.74, 6) is 1.02. The Bertz CT molecular complexity index is 517. The summed E-state index contributed by atoms with van der Waals surface area (Å²) in [7, 11) is 3.18. The molecule has 1 aliphatic heterocycles. The number of hydrogen-bond acceptors (Lipinski definition) is 5. The monoisotopic (exact) mass is 311 g/mol. The van der Waals surface area contributed by atoms with E-state index < -0.39 is 0 Å². The van der Waals surface area contributed by atoms with E-state index in [1.165, 1.54) is 23.1 Å². The summed E-state index contributed by atoms with van der Waals surface area (Å²) >= 11 is 1.39. The largest absolute Gasteiger partial charge is 0.358 e. The average Bonchev–Trinajstić information content (AvgIpc) is 2.71. The molecule has 1 aromatic rings. The van der Waals surface area contributed by atoms with Crippen molar-refractivity contribution in [1.29, 1.82) is 0 Å². The Balaban J connectivity index is 1.89. The van der Waals surface area contributed by atoms with Crippen LogP contribution in [0.2, 0.25) is 0 Å². The maximum Gasteiger partial charge on any atom is 0.239 e. The van der Waals surface area contributed by atoms with Crippen molar-refractivity contribution in [3.8, 4) is 0 Å². The molecule has 0 aliphatic carbocycles. The average molecular weight is 311 g/mol. The number of carbonyl (C=O) groups excluding carboxylic acids is 2. The highest BCUT2D eigenvalue weighted by Gasteiger charge is 2.18. The normalized spacial score (nSPS) is 14.2. The van der Waals surface area contributed by atoms with Gasteiger partial charge in [-0.15, -0.1) is 10.2 Å². The number of nitrogens with zero attached hydrogens (tertiary/aromatic N) is 4. The highest BCUT2D eigenvalue weighted by atomic mass is 32.2. The molecule has 0 saturated heterocycles. The SMILES string of the molecule is CNC(=O)CN(C)C(=O)CSc1nnc2n1CCCCC2. The highest BCUT2D eigenvalue weighted by molar-refractivity contribution is 7.99. The first kappa shape index (κ1) is 15.8. The van der Waals surface area contributed by atoms with Crippen LogP contribution in [0.5, 0.6) is 0 Å². The van der Waals surface area contributed by atoms with Crippen LogP contribution in [0, 0.1) is 0 Å². The fraction of sp³-hybridized carbons (Fsp3) is 0.692. The first-order valence-electron chi connectivity index (χ1n) is 7.11. The van der Waals surface area contributed by atoms with Crippen LogP contribution in [0.1, 0.15) is 25.1 Å². The van der Waals surface area contributed by atoms with Crippen LogP contribution in [0.25, 0.3) is 0 Å². The quantitative estimate of drug-likeness (QED) is 0.791. The van der Waals surface area contributed by atoms with E-state index in [0.29, 0.717) is 0 Å². The molecule has 2 amide bonds. The first-order chi connectivity index (χ1) is 10.1. The van der Waals surface area contributed by atoms with Gasteiger partial charge in [0, 0.05) is 27.1 Å². The molecule has 0 aromatic carbocycles. The van der Waals surface area contributed by atoms with Gasteiger partial charge in [0.2, 0.25) is 11.8 Å². The number of likely N-dealkylation sites (N-methyl/N-ethyl adjacent to an activating group) is 2. The molecule has 0 bridgehead atoms. The van der Waals surface area contributed by atoms with E-state index in [9.17, 15) is 9.59 Å². The number of carbonyl (C=O) groups is 2. The van der Waals surface area contributed by atoms with Crippen molar-refractivity contribution in [3.63, 3.8) is 0 Å². The second-order valence-electron chi connectivity index (χ2n) is 5.07.